The zero-order valence-electron chi connectivity index (χ0n) is 93.0. The molecule has 4 spiro atoms. The molecule has 30 nitrogen and oxygen atoms in total. The zero-order valence-corrected chi connectivity index (χ0v) is 94.6. The van der Waals surface area contributed by atoms with Crippen LogP contribution in [0.5, 0.6) is 0 Å². The Morgan fingerprint density at radius 1 is 0.585 bits per heavy atom. The monoisotopic (exact) mass is 2110 g/mol. The quantitative estimate of drug-likeness (QED) is 0.0199. The molecule has 147 heavy (non-hydrogen) atoms. The van der Waals surface area contributed by atoms with Crippen molar-refractivity contribution < 1.29 is 96.8 Å². The Hall–Kier alpha value is -6.36. The second-order valence-corrected chi connectivity index (χ2v) is 47.9. The Labute approximate surface area is 890 Å². The zero-order chi connectivity index (χ0) is 107. The van der Waals surface area contributed by atoms with Crippen LogP contribution in [-0.4, -0.2) is 345 Å². The van der Waals surface area contributed by atoms with Crippen molar-refractivity contribution in [2.75, 3.05) is 144 Å². The minimum absolute atomic E-state index is 0.176. The highest BCUT2D eigenvalue weighted by Crippen LogP contribution is 2.46. The number of esters is 3. The number of ether oxygens (including phenoxy) is 8. The first-order chi connectivity index (χ1) is 69.6. The molecule has 2 aromatic rings. The fraction of sp³-hybridized carbons (Fsp3) is 0.750. The molecular weight excluding hydrogens is 1930 g/mol. The van der Waals surface area contributed by atoms with Crippen molar-refractivity contribution in [3.8, 4) is 12.3 Å². The van der Waals surface area contributed by atoms with Crippen LogP contribution in [0.3, 0.4) is 0 Å². The topological polar surface area (TPSA) is 341 Å². The average Bonchev–Trinajstić information content (AvgIpc) is 1.71. The first kappa shape index (κ1) is 121. The van der Waals surface area contributed by atoms with Crippen LogP contribution in [0.25, 0.3) is 6.08 Å². The van der Waals surface area contributed by atoms with Gasteiger partial charge < -0.3 is 117 Å². The molecule has 0 bridgehead atoms. The summed E-state index contributed by atoms with van der Waals surface area (Å²) in [5, 5.41) is 63.7. The van der Waals surface area contributed by atoms with Crippen molar-refractivity contribution in [2.45, 2.75) is 358 Å². The average molecular weight is 2110 g/mol. The summed E-state index contributed by atoms with van der Waals surface area (Å²) < 4.78 is 59.6. The van der Waals surface area contributed by atoms with Gasteiger partial charge in [0.2, 0.25) is 30.5 Å². The van der Waals surface area contributed by atoms with Crippen molar-refractivity contribution >= 4 is 86.1 Å². The van der Waals surface area contributed by atoms with Crippen LogP contribution in [0.2, 0.25) is 20.5 Å². The third-order valence-electron chi connectivity index (χ3n) is 33.6. The van der Waals surface area contributed by atoms with E-state index in [9.17, 15) is 49.6 Å². The van der Waals surface area contributed by atoms with Gasteiger partial charge in [-0.05, 0) is 355 Å². The number of carbonyl (C=O) groups is 4. The molecule has 11 saturated heterocycles. The Morgan fingerprint density at radius 2 is 1.02 bits per heavy atom. The van der Waals surface area contributed by atoms with Gasteiger partial charge in [0.1, 0.15) is 23.9 Å². The Morgan fingerprint density at radius 3 is 1.46 bits per heavy atom. The highest BCUT2D eigenvalue weighted by molar-refractivity contribution is 9.10. The number of terminal acetylenes is 1. The molecule has 35 heteroatoms. The Balaban J connectivity index is 0.000000188. The lowest BCUT2D eigenvalue weighted by Gasteiger charge is -2.48. The van der Waals surface area contributed by atoms with E-state index in [-0.39, 0.29) is 68.9 Å². The number of halogens is 1. The molecule has 7 N–H and O–H groups in total. The lowest BCUT2D eigenvalue weighted by Crippen LogP contribution is -2.60. The lowest BCUT2D eigenvalue weighted by molar-refractivity contribution is -0.284. The first-order valence-electron chi connectivity index (χ1n) is 55.3. The number of nitrogens with zero attached hydrogens (tertiary/aromatic N) is 9. The molecule has 13 aliphatic heterocycles. The number of hydrogen-bond donors (Lipinski definition) is 7. The van der Waals surface area contributed by atoms with E-state index in [0.29, 0.717) is 66.3 Å². The number of aliphatic imine (C=N–C) groups is 2. The first-order valence-corrected chi connectivity index (χ1v) is 56.1. The number of benzene rings is 2. The minimum atomic E-state index is -1.49. The standard InChI is InChI=1S/C41H61N3O9.C27H36BrNO6.C20H38B2N2O3.C14H25BN2O.C10H21BN2O/c1-26(2)32-23-42-37(52-38-35(48)36(50-28(4)46)34(47)33(24-45)51-38)31(32)22-30-13-12-29(21-27(30)3)11-8-9-17-43-18-10-14-41(25-43)15-19-44(20-16-41)39(49)53-40(5,6)7;1-8-23-16(5)24(32-17(6)30)25(33-18(7)31)27(34-23)35-26-21(22(13-29-26)14(2)3)12-19-9-10-20(28)11-15(19)4;1-18(2)19(3,4)27-22(26-18)12-6-7-13-23-14-8-9-20(17-23)10-15-24(16-11-20)21(5)25;1-3-4-9-16-10-5-6-14(13-16)7-11-17(12-8-14)15(2)18;1-11(14)13-7-4-10(5-8-13)3-2-6-12-9-10/h8,11-13,21,26,33-36,38,45,47-48H,9-10,14-20,22-25H2,1-7H3;9-11,14,16,23-25,27H,8,12-13H2,1-7H3;6,12,25H,7-11,13-17H2,1-5H3;1,18H,4-13H2,2H3;12,14H,2-9H2,1H3/b11-8+;;12-6+;;/t33-,34-,35-,36+,38+;16-,23-,24+,25-,27+;;;/m11.../s1. The number of hydrogen-bond acceptors (Lipinski definition) is 29. The van der Waals surface area contributed by atoms with Gasteiger partial charge >= 0.3 is 52.3 Å². The van der Waals surface area contributed by atoms with Crippen LogP contribution >= 0.6 is 15.9 Å². The Kier molecular flexibility index (Phi) is 45.3. The maximum atomic E-state index is 12.6. The third kappa shape index (κ3) is 34.3. The summed E-state index contributed by atoms with van der Waals surface area (Å²) in [5.41, 5.74) is 10.8. The number of aryl methyl sites for hydroxylation is 2. The maximum Gasteiger partial charge on any atom is 0.486 e. The summed E-state index contributed by atoms with van der Waals surface area (Å²) in [7, 11) is -1.08. The van der Waals surface area contributed by atoms with Gasteiger partial charge in [0, 0.05) is 120 Å². The summed E-state index contributed by atoms with van der Waals surface area (Å²) >= 11 is 3.53. The van der Waals surface area contributed by atoms with Gasteiger partial charge in [0.15, 0.2) is 12.2 Å². The fourth-order valence-corrected chi connectivity index (χ4v) is 24.3. The van der Waals surface area contributed by atoms with Crippen LogP contribution in [0, 0.1) is 65.6 Å². The molecule has 1 amide bonds. The molecule has 0 aromatic heterocycles. The van der Waals surface area contributed by atoms with E-state index in [0.717, 1.165) is 155 Å². The van der Waals surface area contributed by atoms with E-state index in [1.807, 2.05) is 66.1 Å². The van der Waals surface area contributed by atoms with Gasteiger partial charge in [-0.3, -0.25) is 14.4 Å². The number of piperidine rings is 8. The van der Waals surface area contributed by atoms with Gasteiger partial charge in [0.25, 0.3) is 0 Å². The number of nitrogens with one attached hydrogen (secondary N) is 1. The molecule has 0 aliphatic carbocycles. The minimum Gasteiger partial charge on any atom is -0.458 e. The summed E-state index contributed by atoms with van der Waals surface area (Å²) in [5.74, 6) is 4.36. The molecule has 0 unspecified atom stereocenters. The molecule has 2 aromatic carbocycles. The van der Waals surface area contributed by atoms with Crippen LogP contribution < -0.4 is 5.32 Å². The molecule has 818 valence electrons. The van der Waals surface area contributed by atoms with Crippen LogP contribution in [0.1, 0.15) is 267 Å². The molecule has 10 atom stereocenters. The van der Waals surface area contributed by atoms with E-state index in [2.05, 4.69) is 185 Å². The number of likely N-dealkylation sites (tertiary alicyclic amines) is 4. The summed E-state index contributed by atoms with van der Waals surface area (Å²) in [4.78, 5) is 73.7. The number of aliphatic hydroxyl groups is 3. The second-order valence-electron chi connectivity index (χ2n) is 47.0. The lowest BCUT2D eigenvalue weighted by atomic mass is 9.69. The summed E-state index contributed by atoms with van der Waals surface area (Å²) in [6.45, 7) is 61.1. The van der Waals surface area contributed by atoms with Gasteiger partial charge in [-0.15, -0.1) is 12.3 Å². The van der Waals surface area contributed by atoms with Gasteiger partial charge in [0.05, 0.1) is 37.0 Å². The number of rotatable bonds is 26. The predicted molar refractivity (Wildman–Crippen MR) is 587 cm³/mol. The van der Waals surface area contributed by atoms with Crippen LogP contribution in [0.4, 0.5) is 4.79 Å². The molecular formula is C112H181B4BrN10O20. The number of carbonyl (C=O) groups excluding carboxylic acids is 4. The highest BCUT2D eigenvalue weighted by atomic mass is 79.9. The highest BCUT2D eigenvalue weighted by Gasteiger charge is 2.54. The maximum absolute atomic E-state index is 12.6. The molecule has 13 heterocycles. The van der Waals surface area contributed by atoms with Gasteiger partial charge in [-0.1, -0.05) is 106 Å². The molecule has 11 fully saturated rings. The summed E-state index contributed by atoms with van der Waals surface area (Å²) in [6, 6.07) is 12.7. The van der Waals surface area contributed by atoms with Crippen molar-refractivity contribution in [2.24, 2.45) is 49.4 Å². The number of amides is 1. The van der Waals surface area contributed by atoms with E-state index in [1.165, 1.54) is 167 Å². The van der Waals surface area contributed by atoms with E-state index in [1.54, 1.807) is 0 Å². The van der Waals surface area contributed by atoms with Crippen molar-refractivity contribution in [3.05, 3.63) is 109 Å². The molecule has 0 saturated carbocycles. The third-order valence-corrected chi connectivity index (χ3v) is 34.1. The Bertz CT molecular complexity index is 4790. The van der Waals surface area contributed by atoms with Gasteiger partial charge in [-0.25, -0.2) is 14.8 Å². The van der Waals surface area contributed by atoms with E-state index < -0.39 is 79.3 Å². The molecule has 0 radical (unpaired) electrons. The largest absolute Gasteiger partial charge is 0.486 e. The molecule has 13 aliphatic rings. The number of aliphatic hydroxyl groups excluding tert-OH is 3. The van der Waals surface area contributed by atoms with E-state index in [4.69, 9.17) is 58.6 Å². The fourth-order valence-electron chi connectivity index (χ4n) is 23.8. The normalized spacial score (nSPS) is 26.9. The van der Waals surface area contributed by atoms with Crippen LogP contribution in [-0.2, 0) is 74.4 Å². The second kappa shape index (κ2) is 55.1. The summed E-state index contributed by atoms with van der Waals surface area (Å²) in [6.07, 6.45) is 27.1. The molecule has 15 rings (SSSR count). The van der Waals surface area contributed by atoms with E-state index >= 15 is 0 Å². The van der Waals surface area contributed by atoms with Crippen molar-refractivity contribution in [3.63, 3.8) is 0 Å². The van der Waals surface area contributed by atoms with Crippen molar-refractivity contribution in [1.82, 2.24) is 39.3 Å². The predicted octanol–water partition coefficient (Wildman–Crippen LogP) is 14.8. The van der Waals surface area contributed by atoms with Gasteiger partial charge in [-0.2, -0.15) is 0 Å². The smallest absolute Gasteiger partial charge is 0.458 e. The van der Waals surface area contributed by atoms with Crippen LogP contribution in [0.15, 0.2) is 91.3 Å². The SMILES string of the molecule is C#CCCN1CCCC2(CCN(B(C)O)CC2)C1.CB(O)N1CCC2(CCCN(CC/C=C/B3OC(C)(C)C(C)(C)O3)C2)CC1.CB(O)N1CCC2(CCCNC2)CC1.CC(=O)O[C@@H]1[C@@H](O)[C@H](OC2=NCC(C(C)C)=C2Cc2ccc(/C=C/CCN3CCCC4(CCN(C(=O)OC(C)(C)C)CC4)C3)cc2C)O[C@H](CO)[C@H]1O.CC[C@H]1O[C@@H](OC2=NCC(C(C)C)=C2Cc2ccc(Br)cc2C)[C@H](OC(C)=O)[C@@H](OC(C)=O)[C@@H]1C. The van der Waals surface area contributed by atoms with Crippen molar-refractivity contribution in [1.29, 1.82) is 0 Å².